The van der Waals surface area contributed by atoms with E-state index in [1.807, 2.05) is 30.7 Å². The predicted molar refractivity (Wildman–Crippen MR) is 106 cm³/mol. The molecule has 27 heavy (non-hydrogen) atoms. The lowest BCUT2D eigenvalue weighted by molar-refractivity contribution is -0.135. The van der Waals surface area contributed by atoms with Gasteiger partial charge >= 0.3 is 6.03 Å². The van der Waals surface area contributed by atoms with Crippen molar-refractivity contribution >= 4 is 11.9 Å². The fourth-order valence-corrected chi connectivity index (χ4v) is 6.95. The quantitative estimate of drug-likeness (QED) is 0.818. The van der Waals surface area contributed by atoms with Gasteiger partial charge in [-0.05, 0) is 74.5 Å². The third-order valence-corrected chi connectivity index (χ3v) is 7.71. The van der Waals surface area contributed by atoms with Crippen molar-refractivity contribution in [1.82, 2.24) is 15.1 Å². The number of carbonyl (C=O) groups is 2. The van der Waals surface area contributed by atoms with Crippen LogP contribution in [0.25, 0.3) is 0 Å². The average Bonchev–Trinajstić information content (AvgIpc) is 2.60. The monoisotopic (exact) mass is 375 g/mol. The molecule has 5 nitrogen and oxygen atoms in total. The molecular formula is C22H37N3O2. The van der Waals surface area contributed by atoms with Gasteiger partial charge in [-0.2, -0.15) is 0 Å². The number of nitrogens with zero attached hydrogens (tertiary/aromatic N) is 2. The molecule has 4 saturated carbocycles. The maximum absolute atomic E-state index is 12.8. The molecule has 5 fully saturated rings. The van der Waals surface area contributed by atoms with Gasteiger partial charge in [0.2, 0.25) is 5.91 Å². The molecule has 0 spiro atoms. The molecule has 0 aromatic carbocycles. The van der Waals surface area contributed by atoms with Crippen molar-refractivity contribution in [3.8, 4) is 0 Å². The van der Waals surface area contributed by atoms with E-state index in [0.29, 0.717) is 5.41 Å². The maximum Gasteiger partial charge on any atom is 0.317 e. The maximum atomic E-state index is 12.8. The Balaban J connectivity index is 1.26. The molecule has 1 N–H and O–H groups in total. The molecule has 4 aliphatic carbocycles. The van der Waals surface area contributed by atoms with E-state index >= 15 is 0 Å². The highest BCUT2D eigenvalue weighted by atomic mass is 16.2. The number of piperidine rings is 1. The van der Waals surface area contributed by atoms with Crippen molar-refractivity contribution in [3.05, 3.63) is 0 Å². The van der Waals surface area contributed by atoms with Crippen LogP contribution in [0.3, 0.4) is 0 Å². The summed E-state index contributed by atoms with van der Waals surface area (Å²) < 4.78 is 0. The van der Waals surface area contributed by atoms with Gasteiger partial charge in [0.1, 0.15) is 0 Å². The molecule has 0 unspecified atom stereocenters. The second-order valence-corrected chi connectivity index (χ2v) is 10.5. The van der Waals surface area contributed by atoms with E-state index in [4.69, 9.17) is 0 Å². The predicted octanol–water partition coefficient (Wildman–Crippen LogP) is 3.49. The first-order chi connectivity index (χ1) is 12.8. The Kier molecular flexibility index (Phi) is 5.15. The van der Waals surface area contributed by atoms with Gasteiger partial charge in [0, 0.05) is 38.6 Å². The summed E-state index contributed by atoms with van der Waals surface area (Å²) >= 11 is 0. The Morgan fingerprint density at radius 3 is 2.04 bits per heavy atom. The molecule has 1 saturated heterocycles. The highest BCUT2D eigenvalue weighted by molar-refractivity contribution is 5.78. The first-order valence-corrected chi connectivity index (χ1v) is 11.1. The van der Waals surface area contributed by atoms with Crippen LogP contribution in [0.5, 0.6) is 0 Å². The standard InChI is InChI=1S/C22H37N3O2/c1-15(2)20(26)25-6-4-19(5-7-25)23-21(27)24(3)14-22-11-16-8-17(12-22)10-18(9-16)13-22/h15-19H,4-14H2,1-3H3,(H,23,27). The fourth-order valence-electron chi connectivity index (χ4n) is 6.95. The molecule has 1 heterocycles. The molecule has 0 radical (unpaired) electrons. The largest absolute Gasteiger partial charge is 0.342 e. The van der Waals surface area contributed by atoms with Gasteiger partial charge in [0.05, 0.1) is 0 Å². The summed E-state index contributed by atoms with van der Waals surface area (Å²) in [5.74, 6) is 3.07. The molecular weight excluding hydrogens is 338 g/mol. The molecule has 1 aliphatic heterocycles. The molecule has 0 aromatic rings. The number of hydrogen-bond acceptors (Lipinski definition) is 2. The van der Waals surface area contributed by atoms with Gasteiger partial charge < -0.3 is 15.1 Å². The van der Waals surface area contributed by atoms with Crippen molar-refractivity contribution in [3.63, 3.8) is 0 Å². The zero-order chi connectivity index (χ0) is 19.2. The SMILES string of the molecule is CC(C)C(=O)N1CCC(NC(=O)N(C)CC23CC4CC(CC(C4)C2)C3)CC1. The number of hydrogen-bond donors (Lipinski definition) is 1. The van der Waals surface area contributed by atoms with Gasteiger partial charge in [0.25, 0.3) is 0 Å². The Hall–Kier alpha value is -1.26. The van der Waals surface area contributed by atoms with E-state index in [2.05, 4.69) is 5.32 Å². The molecule has 0 aromatic heterocycles. The summed E-state index contributed by atoms with van der Waals surface area (Å²) in [7, 11) is 1.98. The van der Waals surface area contributed by atoms with E-state index < -0.39 is 0 Å². The number of urea groups is 1. The normalized spacial score (nSPS) is 35.6. The first kappa shape index (κ1) is 19.1. The lowest BCUT2D eigenvalue weighted by Gasteiger charge is -2.57. The van der Waals surface area contributed by atoms with Crippen LogP contribution in [0.1, 0.15) is 65.2 Å². The van der Waals surface area contributed by atoms with Gasteiger partial charge in [0.15, 0.2) is 0 Å². The van der Waals surface area contributed by atoms with Crippen LogP contribution >= 0.6 is 0 Å². The fraction of sp³-hybridized carbons (Fsp3) is 0.909. The van der Waals surface area contributed by atoms with E-state index in [9.17, 15) is 9.59 Å². The topological polar surface area (TPSA) is 52.7 Å². The minimum absolute atomic E-state index is 0.0579. The van der Waals surface area contributed by atoms with Crippen LogP contribution in [0, 0.1) is 29.1 Å². The Bertz CT molecular complexity index is 545. The van der Waals surface area contributed by atoms with Crippen molar-refractivity contribution < 1.29 is 9.59 Å². The summed E-state index contributed by atoms with van der Waals surface area (Å²) in [6.45, 7) is 6.36. The molecule has 5 heteroatoms. The highest BCUT2D eigenvalue weighted by Crippen LogP contribution is 2.60. The molecule has 152 valence electrons. The second kappa shape index (κ2) is 7.29. The number of rotatable bonds is 4. The molecule has 5 aliphatic rings. The van der Waals surface area contributed by atoms with E-state index in [0.717, 1.165) is 50.2 Å². The third-order valence-electron chi connectivity index (χ3n) is 7.71. The number of carbonyl (C=O) groups excluding carboxylic acids is 2. The summed E-state index contributed by atoms with van der Waals surface area (Å²) in [6, 6.07) is 0.284. The summed E-state index contributed by atoms with van der Waals surface area (Å²) in [5.41, 5.74) is 0.397. The first-order valence-electron chi connectivity index (χ1n) is 11.1. The minimum Gasteiger partial charge on any atom is -0.342 e. The molecule has 0 atom stereocenters. The van der Waals surface area contributed by atoms with Crippen LogP contribution in [0.4, 0.5) is 4.79 Å². The van der Waals surface area contributed by atoms with Crippen LogP contribution in [-0.2, 0) is 4.79 Å². The van der Waals surface area contributed by atoms with E-state index in [1.54, 1.807) is 0 Å². The molecule has 5 rings (SSSR count). The van der Waals surface area contributed by atoms with Crippen LogP contribution in [0.2, 0.25) is 0 Å². The van der Waals surface area contributed by atoms with Crippen molar-refractivity contribution in [2.24, 2.45) is 29.1 Å². The summed E-state index contributed by atoms with van der Waals surface area (Å²) in [5, 5.41) is 3.24. The van der Waals surface area contributed by atoms with Crippen LogP contribution in [-0.4, -0.2) is 54.5 Å². The molecule has 3 amide bonds. The smallest absolute Gasteiger partial charge is 0.317 e. The Morgan fingerprint density at radius 2 is 1.56 bits per heavy atom. The summed E-state index contributed by atoms with van der Waals surface area (Å²) in [6.07, 6.45) is 10.1. The van der Waals surface area contributed by atoms with Crippen molar-refractivity contribution in [1.29, 1.82) is 0 Å². The number of nitrogens with one attached hydrogen (secondary N) is 1. The van der Waals surface area contributed by atoms with Gasteiger partial charge in [-0.1, -0.05) is 13.8 Å². The van der Waals surface area contributed by atoms with Gasteiger partial charge in [-0.15, -0.1) is 0 Å². The van der Waals surface area contributed by atoms with E-state index in [1.165, 1.54) is 38.5 Å². The summed E-state index contributed by atoms with van der Waals surface area (Å²) in [4.78, 5) is 28.8. The lowest BCUT2D eigenvalue weighted by Crippen LogP contribution is -2.54. The Morgan fingerprint density at radius 1 is 1.04 bits per heavy atom. The highest BCUT2D eigenvalue weighted by Gasteiger charge is 2.51. The number of amides is 3. The Labute approximate surface area is 164 Å². The average molecular weight is 376 g/mol. The zero-order valence-corrected chi connectivity index (χ0v) is 17.4. The third kappa shape index (κ3) is 3.97. The minimum atomic E-state index is 0.0579. The van der Waals surface area contributed by atoms with Gasteiger partial charge in [-0.3, -0.25) is 4.79 Å². The van der Waals surface area contributed by atoms with Crippen molar-refractivity contribution in [2.45, 2.75) is 71.3 Å². The van der Waals surface area contributed by atoms with Crippen LogP contribution < -0.4 is 5.32 Å². The molecule has 4 bridgehead atoms. The second-order valence-electron chi connectivity index (χ2n) is 10.5. The van der Waals surface area contributed by atoms with Crippen LogP contribution in [0.15, 0.2) is 0 Å². The lowest BCUT2D eigenvalue weighted by atomic mass is 9.49. The van der Waals surface area contributed by atoms with E-state index in [-0.39, 0.29) is 23.9 Å². The zero-order valence-electron chi connectivity index (χ0n) is 17.4. The number of likely N-dealkylation sites (tertiary alicyclic amines) is 1. The van der Waals surface area contributed by atoms with Crippen molar-refractivity contribution in [2.75, 3.05) is 26.7 Å². The van der Waals surface area contributed by atoms with Gasteiger partial charge in [-0.25, -0.2) is 4.79 Å².